The quantitative estimate of drug-likeness (QED) is 0.0146. The molecule has 0 saturated carbocycles. The second kappa shape index (κ2) is 52.7. The molecule has 75 heavy (non-hydrogen) atoms. The molecule has 0 aromatic heterocycles. The topological polar surface area (TPSA) is 231 Å². The highest BCUT2D eigenvalue weighted by Gasteiger charge is 2.29. The Morgan fingerprint density at radius 3 is 1.09 bits per heavy atom. The van der Waals surface area contributed by atoms with E-state index < -0.39 is 91.5 Å². The van der Waals surface area contributed by atoms with Crippen LogP contribution in [0.1, 0.15) is 265 Å². The van der Waals surface area contributed by atoms with Gasteiger partial charge < -0.3 is 34.2 Å². The number of hydrogen-bond acceptors (Lipinski definition) is 14. The van der Waals surface area contributed by atoms with Crippen LogP contribution in [0.15, 0.2) is 24.3 Å². The van der Waals surface area contributed by atoms with Crippen LogP contribution in [0, 0.1) is 0 Å². The van der Waals surface area contributed by atoms with Crippen molar-refractivity contribution in [1.82, 2.24) is 0 Å². The Labute approximate surface area is 454 Å². The van der Waals surface area contributed by atoms with Crippen LogP contribution >= 0.6 is 15.6 Å². The molecule has 4 N–H and O–H groups in total. The van der Waals surface area contributed by atoms with E-state index in [0.717, 1.165) is 96.3 Å². The van der Waals surface area contributed by atoms with Crippen molar-refractivity contribution in [2.45, 2.75) is 283 Å². The summed E-state index contributed by atoms with van der Waals surface area (Å²) >= 11 is 0. The van der Waals surface area contributed by atoms with E-state index in [-0.39, 0.29) is 19.3 Å². The zero-order valence-corrected chi connectivity index (χ0v) is 49.0. The van der Waals surface area contributed by atoms with Gasteiger partial charge in [0, 0.05) is 19.3 Å². The van der Waals surface area contributed by atoms with E-state index in [4.69, 9.17) is 32.3 Å². The number of rotatable bonds is 57. The maximum absolute atomic E-state index is 12.8. The number of carbonyl (C=O) groups is 3. The van der Waals surface area contributed by atoms with Gasteiger partial charge in [-0.15, -0.1) is 0 Å². The standard InChI is InChI=1S/C57H108O16P2/c1-4-7-10-13-16-19-22-25-28-31-34-37-40-43-55(60)67-46-52(58)47-69-74(63,64)70-48-53(59)49-71-75(65,66)72-51-54(73-57(62)45-42-39-36-33-30-27-24-21-18-15-12-9-6-3)50-68-56(61)44-41-38-35-32-29-26-23-20-17-14-11-8-5-2/h10,13,19,22,52-54,58-59H,4-9,11-12,14-18,20-21,23-51H2,1-3H3,(H,63,64)(H,65,66)/b13-10-,22-19-. The summed E-state index contributed by atoms with van der Waals surface area (Å²) in [6.07, 6.45) is 43.9. The molecule has 0 aliphatic heterocycles. The number of aliphatic hydroxyl groups is 2. The first kappa shape index (κ1) is 73.0. The minimum Gasteiger partial charge on any atom is -0.463 e. The molecule has 0 radical (unpaired) electrons. The van der Waals surface area contributed by atoms with Gasteiger partial charge in [0.2, 0.25) is 0 Å². The molecule has 18 heteroatoms. The summed E-state index contributed by atoms with van der Waals surface area (Å²) < 4.78 is 60.5. The molecule has 0 bridgehead atoms. The molecule has 0 spiro atoms. The lowest BCUT2D eigenvalue weighted by Gasteiger charge is -2.21. The smallest absolute Gasteiger partial charge is 0.463 e. The molecule has 0 aromatic rings. The van der Waals surface area contributed by atoms with E-state index >= 15 is 0 Å². The second-order valence-corrected chi connectivity index (χ2v) is 23.1. The van der Waals surface area contributed by atoms with E-state index in [9.17, 15) is 43.5 Å². The fourth-order valence-corrected chi connectivity index (χ4v) is 9.66. The van der Waals surface area contributed by atoms with E-state index in [2.05, 4.69) is 45.1 Å². The number of unbranched alkanes of at least 4 members (excludes halogenated alkanes) is 30. The highest BCUT2D eigenvalue weighted by Crippen LogP contribution is 2.45. The third kappa shape index (κ3) is 53.8. The molecule has 0 heterocycles. The molecule has 0 amide bonds. The first-order valence-corrected chi connectivity index (χ1v) is 32.6. The molecule has 442 valence electrons. The average molecular weight is 1110 g/mol. The molecule has 0 fully saturated rings. The van der Waals surface area contributed by atoms with Crippen molar-refractivity contribution < 1.29 is 75.8 Å². The van der Waals surface area contributed by atoms with Crippen LogP contribution in [0.5, 0.6) is 0 Å². The lowest BCUT2D eigenvalue weighted by atomic mass is 10.0. The number of carbonyl (C=O) groups excluding carboxylic acids is 3. The monoisotopic (exact) mass is 1110 g/mol. The fraction of sp³-hybridized carbons (Fsp3) is 0.877. The number of phosphoric ester groups is 2. The number of hydrogen-bond donors (Lipinski definition) is 4. The van der Waals surface area contributed by atoms with E-state index in [0.29, 0.717) is 19.3 Å². The molecule has 5 atom stereocenters. The minimum atomic E-state index is -4.90. The highest BCUT2D eigenvalue weighted by molar-refractivity contribution is 7.47. The predicted molar refractivity (Wildman–Crippen MR) is 298 cm³/mol. The van der Waals surface area contributed by atoms with Gasteiger partial charge in [-0.3, -0.25) is 32.5 Å². The summed E-state index contributed by atoms with van der Waals surface area (Å²) in [4.78, 5) is 58.0. The highest BCUT2D eigenvalue weighted by atomic mass is 31.2. The van der Waals surface area contributed by atoms with Gasteiger partial charge in [0.05, 0.1) is 26.4 Å². The second-order valence-electron chi connectivity index (χ2n) is 20.2. The summed E-state index contributed by atoms with van der Waals surface area (Å²) in [5.41, 5.74) is 0. The number of phosphoric acid groups is 2. The molecule has 0 aliphatic carbocycles. The van der Waals surface area contributed by atoms with Gasteiger partial charge in [0.25, 0.3) is 0 Å². The molecule has 0 rings (SSSR count). The Hall–Kier alpha value is -1.97. The molecule has 5 unspecified atom stereocenters. The normalized spacial score (nSPS) is 14.7. The van der Waals surface area contributed by atoms with Gasteiger partial charge in [-0.1, -0.05) is 225 Å². The van der Waals surface area contributed by atoms with Crippen molar-refractivity contribution in [1.29, 1.82) is 0 Å². The zero-order valence-electron chi connectivity index (χ0n) is 47.2. The molecular weight excluding hydrogens is 1000 g/mol. The Kier molecular flexibility index (Phi) is 51.3. The summed E-state index contributed by atoms with van der Waals surface area (Å²) in [6, 6.07) is 0. The summed E-state index contributed by atoms with van der Waals surface area (Å²) in [6.45, 7) is 2.60. The van der Waals surface area contributed by atoms with Crippen molar-refractivity contribution in [2.75, 3.05) is 39.6 Å². The Bertz CT molecular complexity index is 1500. The largest absolute Gasteiger partial charge is 0.472 e. The molecule has 16 nitrogen and oxygen atoms in total. The maximum Gasteiger partial charge on any atom is 0.472 e. The van der Waals surface area contributed by atoms with E-state index in [1.165, 1.54) is 109 Å². The predicted octanol–water partition coefficient (Wildman–Crippen LogP) is 15.0. The minimum absolute atomic E-state index is 0.114. The zero-order chi connectivity index (χ0) is 55.4. The SMILES string of the molecule is CCC/C=C\C/C=C\CCCCCCCC(=O)OCC(O)COP(=O)(O)OCC(O)COP(=O)(O)OCC(COC(=O)CCCCCCCCCCCCCCC)OC(=O)CCCCCCCCCCCCCCC. The third-order valence-corrected chi connectivity index (χ3v) is 14.6. The van der Waals surface area contributed by atoms with Crippen LogP contribution in [0.2, 0.25) is 0 Å². The van der Waals surface area contributed by atoms with Crippen LogP contribution in [-0.2, 0) is 55.8 Å². The molecule has 0 aliphatic rings. The summed E-state index contributed by atoms with van der Waals surface area (Å²) in [5.74, 6) is -1.57. The van der Waals surface area contributed by atoms with Crippen molar-refractivity contribution in [3.8, 4) is 0 Å². The fourth-order valence-electron chi connectivity index (χ4n) is 8.08. The third-order valence-electron chi connectivity index (χ3n) is 12.7. The van der Waals surface area contributed by atoms with Crippen molar-refractivity contribution >= 4 is 33.6 Å². The maximum atomic E-state index is 12.8. The van der Waals surface area contributed by atoms with Gasteiger partial charge in [0.15, 0.2) is 6.10 Å². The van der Waals surface area contributed by atoms with Crippen molar-refractivity contribution in [3.05, 3.63) is 24.3 Å². The molecular formula is C57H108O16P2. The average Bonchev–Trinajstić information content (AvgIpc) is 3.38. The van der Waals surface area contributed by atoms with Crippen LogP contribution in [0.4, 0.5) is 0 Å². The van der Waals surface area contributed by atoms with Gasteiger partial charge in [-0.25, -0.2) is 9.13 Å². The van der Waals surface area contributed by atoms with Crippen LogP contribution < -0.4 is 0 Å². The van der Waals surface area contributed by atoms with Gasteiger partial charge >= 0.3 is 33.6 Å². The number of aliphatic hydroxyl groups excluding tert-OH is 2. The summed E-state index contributed by atoms with van der Waals surface area (Å²) in [5, 5.41) is 20.4. The Morgan fingerprint density at radius 2 is 0.693 bits per heavy atom. The molecule has 0 saturated heterocycles. The van der Waals surface area contributed by atoms with Crippen LogP contribution in [0.25, 0.3) is 0 Å². The van der Waals surface area contributed by atoms with Gasteiger partial charge in [-0.2, -0.15) is 0 Å². The molecule has 0 aromatic carbocycles. The number of ether oxygens (including phenoxy) is 3. The Morgan fingerprint density at radius 1 is 0.373 bits per heavy atom. The number of esters is 3. The van der Waals surface area contributed by atoms with Crippen LogP contribution in [0.3, 0.4) is 0 Å². The first-order valence-electron chi connectivity index (χ1n) is 29.6. The first-order chi connectivity index (χ1) is 36.2. The van der Waals surface area contributed by atoms with E-state index in [1.807, 2.05) is 0 Å². The summed E-state index contributed by atoms with van der Waals surface area (Å²) in [7, 11) is -9.73. The van der Waals surface area contributed by atoms with Crippen molar-refractivity contribution in [3.63, 3.8) is 0 Å². The van der Waals surface area contributed by atoms with E-state index in [1.54, 1.807) is 0 Å². The lowest BCUT2D eigenvalue weighted by Crippen LogP contribution is -2.30. The van der Waals surface area contributed by atoms with Crippen LogP contribution in [-0.4, -0.2) is 95.9 Å². The van der Waals surface area contributed by atoms with Gasteiger partial charge in [-0.05, 0) is 44.9 Å². The van der Waals surface area contributed by atoms with Crippen molar-refractivity contribution in [2.24, 2.45) is 0 Å². The van der Waals surface area contributed by atoms with Gasteiger partial charge in [0.1, 0.15) is 25.4 Å². The number of allylic oxidation sites excluding steroid dienone is 4. The Balaban J connectivity index is 4.69. The lowest BCUT2D eigenvalue weighted by molar-refractivity contribution is -0.161.